The molecule has 1 saturated carbocycles. The maximum Gasteiger partial charge on any atom is 0.287 e. The normalized spacial score (nSPS) is 23.6. The Labute approximate surface area is 131 Å². The van der Waals surface area contributed by atoms with E-state index in [2.05, 4.69) is 5.32 Å². The van der Waals surface area contributed by atoms with Crippen molar-refractivity contribution in [1.29, 1.82) is 0 Å². The summed E-state index contributed by atoms with van der Waals surface area (Å²) in [4.78, 5) is 26.5. The van der Waals surface area contributed by atoms with E-state index >= 15 is 0 Å². The van der Waals surface area contributed by atoms with Gasteiger partial charge < -0.3 is 14.6 Å². The number of furan rings is 1. The molecule has 2 heterocycles. The van der Waals surface area contributed by atoms with Crippen LogP contribution in [0.2, 0.25) is 0 Å². The minimum absolute atomic E-state index is 0.104. The van der Waals surface area contributed by atoms with E-state index < -0.39 is 0 Å². The molecule has 1 aromatic rings. The molecule has 2 aliphatic rings. The van der Waals surface area contributed by atoms with Crippen LogP contribution in [0.1, 0.15) is 61.1 Å². The first kappa shape index (κ1) is 15.1. The second-order valence-corrected chi connectivity index (χ2v) is 6.50. The number of carbonyl (C=O) groups excluding carboxylic acids is 2. The number of nitrogens with one attached hydrogen (secondary N) is 1. The lowest BCUT2D eigenvalue weighted by molar-refractivity contribution is -0.129. The first-order chi connectivity index (χ1) is 10.6. The van der Waals surface area contributed by atoms with Gasteiger partial charge in [-0.2, -0.15) is 0 Å². The molecule has 5 heteroatoms. The Kier molecular flexibility index (Phi) is 4.50. The molecule has 1 aromatic heterocycles. The predicted molar refractivity (Wildman–Crippen MR) is 82.5 cm³/mol. The average Bonchev–Trinajstić information content (AvgIpc) is 2.95. The van der Waals surface area contributed by atoms with Crippen LogP contribution < -0.4 is 5.32 Å². The Morgan fingerprint density at radius 3 is 2.64 bits per heavy atom. The lowest BCUT2D eigenvalue weighted by Crippen LogP contribution is -2.40. The molecule has 1 aliphatic heterocycles. The van der Waals surface area contributed by atoms with Crippen molar-refractivity contribution in [2.24, 2.45) is 0 Å². The zero-order chi connectivity index (χ0) is 15.5. The summed E-state index contributed by atoms with van der Waals surface area (Å²) in [5.74, 6) is 0.303. The summed E-state index contributed by atoms with van der Waals surface area (Å²) >= 11 is 0. The number of amides is 2. The molecule has 1 aliphatic carbocycles. The van der Waals surface area contributed by atoms with Gasteiger partial charge in [0.2, 0.25) is 5.91 Å². The summed E-state index contributed by atoms with van der Waals surface area (Å²) in [5, 5.41) is 2.94. The van der Waals surface area contributed by atoms with Crippen LogP contribution in [-0.2, 0) is 4.79 Å². The third-order valence-electron chi connectivity index (χ3n) is 4.83. The van der Waals surface area contributed by atoms with Crippen molar-refractivity contribution in [2.75, 3.05) is 6.54 Å². The number of nitrogens with zero attached hydrogens (tertiary/aromatic N) is 1. The van der Waals surface area contributed by atoms with E-state index in [0.717, 1.165) is 18.4 Å². The van der Waals surface area contributed by atoms with Gasteiger partial charge in [-0.25, -0.2) is 0 Å². The smallest absolute Gasteiger partial charge is 0.287 e. The molecule has 0 radical (unpaired) electrons. The Morgan fingerprint density at radius 2 is 2.00 bits per heavy atom. The molecule has 2 amide bonds. The summed E-state index contributed by atoms with van der Waals surface area (Å²) in [6, 6.07) is 2.03. The molecule has 0 bridgehead atoms. The third-order valence-corrected chi connectivity index (χ3v) is 4.83. The second kappa shape index (κ2) is 6.55. The fraction of sp³-hybridized carbons (Fsp3) is 0.647. The number of aryl methyl sites for hydroxylation is 1. The van der Waals surface area contributed by atoms with Crippen LogP contribution in [0.4, 0.5) is 0 Å². The maximum atomic E-state index is 12.3. The minimum atomic E-state index is -0.219. The van der Waals surface area contributed by atoms with Gasteiger partial charge in [0.1, 0.15) is 0 Å². The summed E-state index contributed by atoms with van der Waals surface area (Å²) in [6.45, 7) is 2.48. The van der Waals surface area contributed by atoms with Crippen LogP contribution in [0.5, 0.6) is 0 Å². The topological polar surface area (TPSA) is 62.6 Å². The van der Waals surface area contributed by atoms with Gasteiger partial charge in [-0.1, -0.05) is 25.7 Å². The highest BCUT2D eigenvalue weighted by atomic mass is 16.3. The van der Waals surface area contributed by atoms with E-state index in [0.29, 0.717) is 24.8 Å². The van der Waals surface area contributed by atoms with Crippen molar-refractivity contribution in [3.05, 3.63) is 23.7 Å². The number of carbonyl (C=O) groups is 2. The molecule has 3 rings (SSSR count). The number of hydrogen-bond acceptors (Lipinski definition) is 3. The lowest BCUT2D eigenvalue weighted by atomic mass is 10.1. The van der Waals surface area contributed by atoms with Gasteiger partial charge in [-0.05, 0) is 25.8 Å². The first-order valence-corrected chi connectivity index (χ1v) is 8.29. The van der Waals surface area contributed by atoms with Gasteiger partial charge in [0.05, 0.1) is 12.3 Å². The SMILES string of the molecule is Cc1ccoc1C(=O)N[C@@H]1CC(=O)N(C2CCCCCC2)C1. The monoisotopic (exact) mass is 304 g/mol. The Balaban J connectivity index is 1.59. The van der Waals surface area contributed by atoms with Crippen LogP contribution in [0, 0.1) is 6.92 Å². The molecule has 2 fully saturated rings. The molecule has 120 valence electrons. The van der Waals surface area contributed by atoms with Crippen molar-refractivity contribution in [1.82, 2.24) is 10.2 Å². The molecule has 1 atom stereocenters. The summed E-state index contributed by atoms with van der Waals surface area (Å²) in [5.41, 5.74) is 0.822. The van der Waals surface area contributed by atoms with Gasteiger partial charge in [0.15, 0.2) is 5.76 Å². The van der Waals surface area contributed by atoms with Gasteiger partial charge in [0, 0.05) is 24.6 Å². The largest absolute Gasteiger partial charge is 0.459 e. The maximum absolute atomic E-state index is 12.3. The highest BCUT2D eigenvalue weighted by molar-refractivity contribution is 5.93. The average molecular weight is 304 g/mol. The Bertz CT molecular complexity index is 544. The zero-order valence-electron chi connectivity index (χ0n) is 13.1. The van der Waals surface area contributed by atoms with Gasteiger partial charge in [-0.15, -0.1) is 0 Å². The molecule has 5 nitrogen and oxygen atoms in total. The molecule has 0 unspecified atom stereocenters. The van der Waals surface area contributed by atoms with Crippen molar-refractivity contribution >= 4 is 11.8 Å². The number of likely N-dealkylation sites (tertiary alicyclic amines) is 1. The van der Waals surface area contributed by atoms with Gasteiger partial charge >= 0.3 is 0 Å². The molecular formula is C17H24N2O3. The van der Waals surface area contributed by atoms with E-state index in [1.165, 1.54) is 31.9 Å². The molecule has 1 N–H and O–H groups in total. The predicted octanol–water partition coefficient (Wildman–Crippen LogP) is 2.64. The molecule has 0 spiro atoms. The highest BCUT2D eigenvalue weighted by Crippen LogP contribution is 2.26. The molecule has 1 saturated heterocycles. The highest BCUT2D eigenvalue weighted by Gasteiger charge is 2.35. The van der Waals surface area contributed by atoms with Crippen molar-refractivity contribution < 1.29 is 14.0 Å². The standard InChI is InChI=1S/C17H24N2O3/c1-12-8-9-22-16(12)17(21)18-13-10-15(20)19(11-13)14-6-4-2-3-5-7-14/h8-9,13-14H,2-7,10-11H2,1H3,(H,18,21)/t13-/m1/s1. The van der Waals surface area contributed by atoms with Crippen LogP contribution in [-0.4, -0.2) is 35.3 Å². The number of hydrogen-bond donors (Lipinski definition) is 1. The first-order valence-electron chi connectivity index (χ1n) is 8.29. The molecule has 0 aromatic carbocycles. The van der Waals surface area contributed by atoms with Crippen molar-refractivity contribution in [3.8, 4) is 0 Å². The van der Waals surface area contributed by atoms with E-state index in [9.17, 15) is 9.59 Å². The third kappa shape index (κ3) is 3.18. The second-order valence-electron chi connectivity index (χ2n) is 6.50. The fourth-order valence-corrected chi connectivity index (χ4v) is 3.61. The van der Waals surface area contributed by atoms with Crippen molar-refractivity contribution in [2.45, 2.75) is 64.0 Å². The van der Waals surface area contributed by atoms with E-state index in [1.807, 2.05) is 11.8 Å². The summed E-state index contributed by atoms with van der Waals surface area (Å²) < 4.78 is 5.21. The minimum Gasteiger partial charge on any atom is -0.459 e. The van der Waals surface area contributed by atoms with Gasteiger partial charge in [-0.3, -0.25) is 9.59 Å². The van der Waals surface area contributed by atoms with Crippen LogP contribution >= 0.6 is 0 Å². The summed E-state index contributed by atoms with van der Waals surface area (Å²) in [7, 11) is 0. The van der Waals surface area contributed by atoms with Gasteiger partial charge in [0.25, 0.3) is 5.91 Å². The molecular weight excluding hydrogens is 280 g/mol. The van der Waals surface area contributed by atoms with E-state index in [1.54, 1.807) is 6.07 Å². The molecule has 22 heavy (non-hydrogen) atoms. The quantitative estimate of drug-likeness (QED) is 0.873. The van der Waals surface area contributed by atoms with E-state index in [-0.39, 0.29) is 17.9 Å². The zero-order valence-corrected chi connectivity index (χ0v) is 13.1. The van der Waals surface area contributed by atoms with Crippen LogP contribution in [0.3, 0.4) is 0 Å². The number of rotatable bonds is 3. The summed E-state index contributed by atoms with van der Waals surface area (Å²) in [6.07, 6.45) is 9.08. The Hall–Kier alpha value is -1.78. The van der Waals surface area contributed by atoms with Crippen LogP contribution in [0.25, 0.3) is 0 Å². The van der Waals surface area contributed by atoms with Crippen molar-refractivity contribution in [3.63, 3.8) is 0 Å². The Morgan fingerprint density at radius 1 is 1.27 bits per heavy atom. The fourth-order valence-electron chi connectivity index (χ4n) is 3.61. The lowest BCUT2D eigenvalue weighted by Gasteiger charge is -2.27. The van der Waals surface area contributed by atoms with E-state index in [4.69, 9.17) is 4.42 Å². The van der Waals surface area contributed by atoms with Crippen LogP contribution in [0.15, 0.2) is 16.7 Å².